The SMILES string of the molecule is CCc1cc(=O)[nH]c(SC(CC)C(=O)Nc2ccc(C)c(C)c2)n1. The Morgan fingerprint density at radius 1 is 1.25 bits per heavy atom. The zero-order valence-electron chi connectivity index (χ0n) is 14.5. The third kappa shape index (κ3) is 4.71. The molecule has 6 heteroatoms. The Labute approximate surface area is 146 Å². The number of aromatic nitrogens is 2. The molecule has 5 nitrogen and oxygen atoms in total. The van der Waals surface area contributed by atoms with Crippen LogP contribution in [0.5, 0.6) is 0 Å². The Hall–Kier alpha value is -2.08. The fourth-order valence-electron chi connectivity index (χ4n) is 2.22. The molecular formula is C18H23N3O2S. The number of aryl methyl sites for hydroxylation is 3. The number of hydrogen-bond acceptors (Lipinski definition) is 4. The Balaban J connectivity index is 2.12. The fraction of sp³-hybridized carbons (Fsp3) is 0.389. The van der Waals surface area contributed by atoms with Crippen LogP contribution in [0.4, 0.5) is 5.69 Å². The van der Waals surface area contributed by atoms with Crippen molar-refractivity contribution in [3.63, 3.8) is 0 Å². The van der Waals surface area contributed by atoms with Gasteiger partial charge in [-0.1, -0.05) is 31.7 Å². The Bertz CT molecular complexity index is 786. The van der Waals surface area contributed by atoms with Gasteiger partial charge in [0, 0.05) is 17.4 Å². The molecule has 0 radical (unpaired) electrons. The highest BCUT2D eigenvalue weighted by molar-refractivity contribution is 8.00. The quantitative estimate of drug-likeness (QED) is 0.621. The Morgan fingerprint density at radius 3 is 2.62 bits per heavy atom. The van der Waals surface area contributed by atoms with Crippen molar-refractivity contribution < 1.29 is 4.79 Å². The summed E-state index contributed by atoms with van der Waals surface area (Å²) in [6.07, 6.45) is 1.32. The molecule has 0 aliphatic carbocycles. The van der Waals surface area contributed by atoms with Crippen molar-refractivity contribution in [2.24, 2.45) is 0 Å². The van der Waals surface area contributed by atoms with Gasteiger partial charge in [0.25, 0.3) is 5.56 Å². The normalized spacial score (nSPS) is 12.0. The van der Waals surface area contributed by atoms with E-state index in [0.29, 0.717) is 18.0 Å². The summed E-state index contributed by atoms with van der Waals surface area (Å²) < 4.78 is 0. The lowest BCUT2D eigenvalue weighted by molar-refractivity contribution is -0.115. The maximum atomic E-state index is 12.5. The van der Waals surface area contributed by atoms with Gasteiger partial charge in [-0.2, -0.15) is 0 Å². The number of hydrogen-bond donors (Lipinski definition) is 2. The molecule has 24 heavy (non-hydrogen) atoms. The molecule has 1 amide bonds. The van der Waals surface area contributed by atoms with Crippen LogP contribution in [0.25, 0.3) is 0 Å². The van der Waals surface area contributed by atoms with Crippen molar-refractivity contribution in [3.05, 3.63) is 51.4 Å². The van der Waals surface area contributed by atoms with Gasteiger partial charge in [0.05, 0.1) is 5.25 Å². The number of rotatable bonds is 6. The number of nitrogens with zero attached hydrogens (tertiary/aromatic N) is 1. The van der Waals surface area contributed by atoms with Gasteiger partial charge in [0.15, 0.2) is 5.16 Å². The van der Waals surface area contributed by atoms with E-state index in [1.165, 1.54) is 23.4 Å². The van der Waals surface area contributed by atoms with E-state index < -0.39 is 0 Å². The summed E-state index contributed by atoms with van der Waals surface area (Å²) >= 11 is 1.29. The smallest absolute Gasteiger partial charge is 0.251 e. The summed E-state index contributed by atoms with van der Waals surface area (Å²) in [4.78, 5) is 31.3. The van der Waals surface area contributed by atoms with Crippen LogP contribution in [0.15, 0.2) is 34.2 Å². The first-order valence-electron chi connectivity index (χ1n) is 8.08. The number of benzene rings is 1. The molecule has 1 aromatic carbocycles. The average molecular weight is 345 g/mol. The number of nitrogens with one attached hydrogen (secondary N) is 2. The lowest BCUT2D eigenvalue weighted by Crippen LogP contribution is -2.25. The average Bonchev–Trinajstić information content (AvgIpc) is 2.55. The number of carbonyl (C=O) groups excluding carboxylic acids is 1. The summed E-state index contributed by atoms with van der Waals surface area (Å²) in [7, 11) is 0. The van der Waals surface area contributed by atoms with E-state index >= 15 is 0 Å². The van der Waals surface area contributed by atoms with Crippen molar-refractivity contribution in [2.75, 3.05) is 5.32 Å². The second-order valence-corrected chi connectivity index (χ2v) is 6.89. The monoisotopic (exact) mass is 345 g/mol. The Kier molecular flexibility index (Phi) is 6.20. The van der Waals surface area contributed by atoms with E-state index in [9.17, 15) is 9.59 Å². The van der Waals surface area contributed by atoms with E-state index in [2.05, 4.69) is 15.3 Å². The maximum absolute atomic E-state index is 12.5. The van der Waals surface area contributed by atoms with Crippen LogP contribution in [0.3, 0.4) is 0 Å². The molecule has 0 saturated carbocycles. The summed E-state index contributed by atoms with van der Waals surface area (Å²) in [6.45, 7) is 7.94. The molecule has 2 N–H and O–H groups in total. The highest BCUT2D eigenvalue weighted by atomic mass is 32.2. The molecule has 0 fully saturated rings. The summed E-state index contributed by atoms with van der Waals surface area (Å²) in [5, 5.41) is 3.11. The van der Waals surface area contributed by atoms with Gasteiger partial charge in [-0.25, -0.2) is 4.98 Å². The van der Waals surface area contributed by atoms with Gasteiger partial charge in [0.2, 0.25) is 5.91 Å². The van der Waals surface area contributed by atoms with Crippen LogP contribution in [0.2, 0.25) is 0 Å². The first-order valence-corrected chi connectivity index (χ1v) is 8.96. The minimum atomic E-state index is -0.318. The molecule has 0 saturated heterocycles. The second kappa shape index (κ2) is 8.15. The zero-order valence-corrected chi connectivity index (χ0v) is 15.3. The van der Waals surface area contributed by atoms with Crippen molar-refractivity contribution in [2.45, 2.75) is 50.9 Å². The highest BCUT2D eigenvalue weighted by Crippen LogP contribution is 2.23. The first-order chi connectivity index (χ1) is 11.4. The molecule has 0 spiro atoms. The van der Waals surface area contributed by atoms with Gasteiger partial charge in [-0.05, 0) is 49.9 Å². The zero-order chi connectivity index (χ0) is 17.7. The lowest BCUT2D eigenvalue weighted by atomic mass is 10.1. The van der Waals surface area contributed by atoms with Gasteiger partial charge in [-0.3, -0.25) is 9.59 Å². The van der Waals surface area contributed by atoms with Crippen LogP contribution >= 0.6 is 11.8 Å². The molecule has 1 heterocycles. The van der Waals surface area contributed by atoms with Gasteiger partial charge in [0.1, 0.15) is 0 Å². The van der Waals surface area contributed by atoms with Crippen molar-refractivity contribution in [1.82, 2.24) is 9.97 Å². The molecule has 0 aliphatic rings. The maximum Gasteiger partial charge on any atom is 0.251 e. The second-order valence-electron chi connectivity index (χ2n) is 5.70. The number of aromatic amines is 1. The number of H-pyrrole nitrogens is 1. The molecule has 0 bridgehead atoms. The van der Waals surface area contributed by atoms with Gasteiger partial charge in [-0.15, -0.1) is 0 Å². The van der Waals surface area contributed by atoms with Crippen molar-refractivity contribution in [3.8, 4) is 0 Å². The molecular weight excluding hydrogens is 322 g/mol. The van der Waals surface area contributed by atoms with Gasteiger partial charge >= 0.3 is 0 Å². The number of thioether (sulfide) groups is 1. The lowest BCUT2D eigenvalue weighted by Gasteiger charge is -2.15. The molecule has 1 atom stereocenters. The van der Waals surface area contributed by atoms with E-state index in [1.54, 1.807) is 0 Å². The summed E-state index contributed by atoms with van der Waals surface area (Å²) in [5.41, 5.74) is 3.65. The largest absolute Gasteiger partial charge is 0.325 e. The van der Waals surface area contributed by atoms with Crippen LogP contribution in [-0.2, 0) is 11.2 Å². The standard InChI is InChI=1S/C18H23N3O2S/c1-5-13-10-16(22)21-18(20-13)24-15(6-2)17(23)19-14-8-7-11(3)12(4)9-14/h7-10,15H,5-6H2,1-4H3,(H,19,23)(H,20,21,22). The van der Waals surface area contributed by atoms with Gasteiger partial charge < -0.3 is 10.3 Å². The third-order valence-electron chi connectivity index (χ3n) is 3.83. The summed E-state index contributed by atoms with van der Waals surface area (Å²) in [6, 6.07) is 7.33. The third-order valence-corrected chi connectivity index (χ3v) is 5.08. The molecule has 1 unspecified atom stereocenters. The fourth-order valence-corrected chi connectivity index (χ4v) is 3.15. The highest BCUT2D eigenvalue weighted by Gasteiger charge is 2.19. The predicted octanol–water partition coefficient (Wildman–Crippen LogP) is 3.46. The van der Waals surface area contributed by atoms with E-state index in [1.807, 2.05) is 45.9 Å². The van der Waals surface area contributed by atoms with E-state index in [-0.39, 0.29) is 16.7 Å². The molecule has 1 aromatic heterocycles. The van der Waals surface area contributed by atoms with Crippen molar-refractivity contribution in [1.29, 1.82) is 0 Å². The van der Waals surface area contributed by atoms with Crippen LogP contribution in [0.1, 0.15) is 37.1 Å². The minimum Gasteiger partial charge on any atom is -0.325 e. The predicted molar refractivity (Wildman–Crippen MR) is 98.7 cm³/mol. The first kappa shape index (κ1) is 18.3. The Morgan fingerprint density at radius 2 is 2.00 bits per heavy atom. The van der Waals surface area contributed by atoms with Crippen LogP contribution in [-0.4, -0.2) is 21.1 Å². The van der Waals surface area contributed by atoms with E-state index in [4.69, 9.17) is 0 Å². The molecule has 128 valence electrons. The molecule has 0 aliphatic heterocycles. The molecule has 2 aromatic rings. The van der Waals surface area contributed by atoms with Crippen molar-refractivity contribution >= 4 is 23.4 Å². The van der Waals surface area contributed by atoms with Crippen LogP contribution in [0, 0.1) is 13.8 Å². The van der Waals surface area contributed by atoms with Crippen LogP contribution < -0.4 is 10.9 Å². The van der Waals surface area contributed by atoms with E-state index in [0.717, 1.165) is 16.9 Å². The number of anilines is 1. The number of carbonyl (C=O) groups is 1. The minimum absolute atomic E-state index is 0.0877. The topological polar surface area (TPSA) is 74.8 Å². The summed E-state index contributed by atoms with van der Waals surface area (Å²) in [5.74, 6) is -0.0877. The molecule has 2 rings (SSSR count). The number of amides is 1.